The Labute approximate surface area is 593 Å². The molecule has 2 saturated heterocycles. The number of hydrogen-bond donors (Lipinski definition) is 4. The van der Waals surface area contributed by atoms with Crippen LogP contribution < -0.4 is 21.3 Å². The molecule has 26 heteroatoms. The van der Waals surface area contributed by atoms with Crippen LogP contribution in [0.1, 0.15) is 202 Å². The lowest BCUT2D eigenvalue weighted by molar-refractivity contribution is -0.151. The van der Waals surface area contributed by atoms with Crippen LogP contribution in [0.5, 0.6) is 0 Å². The van der Waals surface area contributed by atoms with Crippen LogP contribution in [0.3, 0.4) is 0 Å². The number of carbonyl (C=O) groups excluding carboxylic acids is 12. The summed E-state index contributed by atoms with van der Waals surface area (Å²) >= 11 is 13.3. The fourth-order valence-corrected chi connectivity index (χ4v) is 16.5. The number of amides is 12. The summed E-state index contributed by atoms with van der Waals surface area (Å²) in [6.45, 7) is 10.1. The number of carbonyl (C=O) groups is 12. The van der Waals surface area contributed by atoms with Crippen molar-refractivity contribution in [1.82, 2.24) is 60.5 Å². The Kier molecular flexibility index (Phi) is 31.7. The van der Waals surface area contributed by atoms with E-state index in [9.17, 15) is 38.4 Å². The van der Waals surface area contributed by atoms with Gasteiger partial charge in [0.15, 0.2) is 0 Å². The Balaban J connectivity index is 1.42. The number of halogens is 2. The first kappa shape index (κ1) is 81.2. The van der Waals surface area contributed by atoms with Gasteiger partial charge in [-0.15, -0.1) is 23.2 Å². The number of nitrogens with zero attached hydrogens (tertiary/aromatic N) is 8. The van der Waals surface area contributed by atoms with Crippen LogP contribution >= 0.6 is 23.2 Å². The molecule has 4 saturated carbocycles. The summed E-state index contributed by atoms with van der Waals surface area (Å²) in [6, 6.07) is -9.54. The van der Waals surface area contributed by atoms with Crippen molar-refractivity contribution in [1.29, 1.82) is 0 Å². The van der Waals surface area contributed by atoms with E-state index in [1.165, 1.54) is 68.8 Å². The van der Waals surface area contributed by atoms with Crippen molar-refractivity contribution in [3.8, 4) is 0 Å². The highest BCUT2D eigenvalue weighted by Gasteiger charge is 2.44. The van der Waals surface area contributed by atoms with E-state index in [2.05, 4.69) is 28.2 Å². The summed E-state index contributed by atoms with van der Waals surface area (Å²) in [7, 11) is 10.2. The predicted molar refractivity (Wildman–Crippen MR) is 377 cm³/mol. The largest absolute Gasteiger partial charge is 0.343 e. The summed E-state index contributed by atoms with van der Waals surface area (Å²) in [5.74, 6) is -7.92. The summed E-state index contributed by atoms with van der Waals surface area (Å²) in [5, 5.41) is 11.6. The molecule has 4 N–H and O–H groups in total. The normalized spacial score (nSPS) is 32.1. The molecule has 0 aromatic carbocycles. The molecule has 6 fully saturated rings. The molecule has 4 aliphatic carbocycles. The molecule has 2 heterocycles. The predicted octanol–water partition coefficient (Wildman–Crippen LogP) is 5.92. The molecule has 0 spiro atoms. The van der Waals surface area contributed by atoms with Gasteiger partial charge in [0.1, 0.15) is 48.3 Å². The molecule has 0 aromatic heterocycles. The zero-order chi connectivity index (χ0) is 72.4. The molecule has 6 aliphatic rings. The SMILES string of the molecule is CC[C@H](C)[C@@H]1NC(=O)[C@H](C)N(C)C(=O)C[C@@H](C(=O)N2CCCC2)NC(=O)[C@H](C(C)C)N(C)C(=O)[C@H](CC2CCCCC2)N(C)C(=O)[C@H](CC2CCCC(C)C2)NC(=O)[C@H](CC2CCCC(Cl)C2)NC(=O)CN(C)C(=O)[C@H](CC2CCC(Cl)CC2)N(C)C(=O)CN(C)C(=O)CN(C)C1=O. The second-order valence-corrected chi connectivity index (χ2v) is 31.9. The minimum absolute atomic E-state index is 0.00681. The van der Waals surface area contributed by atoms with Crippen LogP contribution in [0.4, 0.5) is 0 Å². The molecular weight excluding hydrogens is 1300 g/mol. The molecule has 13 atom stereocenters. The van der Waals surface area contributed by atoms with Crippen molar-refractivity contribution >= 4 is 94.1 Å². The van der Waals surface area contributed by atoms with Gasteiger partial charge in [0.05, 0.1) is 26.1 Å². The maximum atomic E-state index is 15.8. The first-order valence-electron chi connectivity index (χ1n) is 36.9. The zero-order valence-electron chi connectivity index (χ0n) is 61.3. The van der Waals surface area contributed by atoms with Gasteiger partial charge >= 0.3 is 0 Å². The van der Waals surface area contributed by atoms with Gasteiger partial charge in [-0.2, -0.15) is 0 Å². The van der Waals surface area contributed by atoms with Gasteiger partial charge in [0.2, 0.25) is 70.9 Å². The van der Waals surface area contributed by atoms with E-state index >= 15 is 19.2 Å². The molecule has 12 amide bonds. The number of nitrogens with one attached hydrogen (secondary N) is 4. The minimum Gasteiger partial charge on any atom is -0.343 e. The minimum atomic E-state index is -1.42. The van der Waals surface area contributed by atoms with E-state index < -0.39 is 157 Å². The quantitative estimate of drug-likeness (QED) is 0.166. The summed E-state index contributed by atoms with van der Waals surface area (Å²) < 4.78 is 0. The van der Waals surface area contributed by atoms with Gasteiger partial charge < -0.3 is 60.5 Å². The van der Waals surface area contributed by atoms with Crippen LogP contribution in [0.25, 0.3) is 0 Å². The molecule has 0 aromatic rings. The van der Waals surface area contributed by atoms with Gasteiger partial charge in [-0.3, -0.25) is 57.5 Å². The van der Waals surface area contributed by atoms with Crippen molar-refractivity contribution in [3.63, 3.8) is 0 Å². The standard InChI is InChI=1S/C72H120Cl2N12O12/c1-14-46(5)63-72(98)81(9)42-61(89)79(7)43-62(90)83(11)57(39-49-28-30-52(73)31-29-49)70(96)80(8)41-59(87)75-54(36-51-26-21-27-53(74)35-51)66(92)76-55(37-50-25-20-22-45(4)34-50)68(94)84(12)58(38-48-23-16-15-17-24-48)71(97)85(13)64(44(2)3)67(93)77-56(69(95)86-32-18-19-33-86)40-60(88)82(10)47(6)65(91)78-63/h44-58,63-64H,14-43H2,1-13H3,(H,75,87)(H,76,92)(H,77,93)(H,78,91)/t45?,46-,47-,49?,50?,51?,52?,53?,54-,55-,56-,57-,58-,63-,64-/m0/s1. The zero-order valence-corrected chi connectivity index (χ0v) is 62.8. The second-order valence-electron chi connectivity index (χ2n) is 30.6. The smallest absolute Gasteiger partial charge is 0.245 e. The van der Waals surface area contributed by atoms with Gasteiger partial charge in [0.25, 0.3) is 0 Å². The highest BCUT2D eigenvalue weighted by molar-refractivity contribution is 6.20. The van der Waals surface area contributed by atoms with E-state index in [-0.39, 0.29) is 60.1 Å². The molecule has 2 aliphatic heterocycles. The fourth-order valence-electron chi connectivity index (χ4n) is 15.8. The van der Waals surface area contributed by atoms with Crippen molar-refractivity contribution < 1.29 is 57.5 Å². The Morgan fingerprint density at radius 1 is 0.469 bits per heavy atom. The average molecular weight is 1420 g/mol. The third-order valence-corrected chi connectivity index (χ3v) is 23.4. The maximum absolute atomic E-state index is 15.8. The Bertz CT molecular complexity index is 2760. The molecule has 0 bridgehead atoms. The van der Waals surface area contributed by atoms with Crippen molar-refractivity contribution in [2.24, 2.45) is 41.4 Å². The fraction of sp³-hybridized carbons (Fsp3) is 0.833. The lowest BCUT2D eigenvalue weighted by Crippen LogP contribution is -2.61. The molecule has 0 radical (unpaired) electrons. The second kappa shape index (κ2) is 38.3. The molecule has 4 unspecified atom stereocenters. The maximum Gasteiger partial charge on any atom is 0.245 e. The van der Waals surface area contributed by atoms with Crippen molar-refractivity contribution in [2.75, 3.05) is 82.1 Å². The Hall–Kier alpha value is -5.78. The molecule has 554 valence electrons. The van der Waals surface area contributed by atoms with Crippen molar-refractivity contribution in [3.05, 3.63) is 0 Å². The lowest BCUT2D eigenvalue weighted by Gasteiger charge is -2.39. The van der Waals surface area contributed by atoms with Crippen LogP contribution in [-0.4, -0.2) is 251 Å². The van der Waals surface area contributed by atoms with Crippen LogP contribution in [0.2, 0.25) is 0 Å². The molecule has 6 rings (SSSR count). The first-order chi connectivity index (χ1) is 46.3. The van der Waals surface area contributed by atoms with Crippen LogP contribution in [0, 0.1) is 41.4 Å². The Morgan fingerprint density at radius 2 is 1.03 bits per heavy atom. The van der Waals surface area contributed by atoms with Crippen molar-refractivity contribution in [2.45, 2.75) is 261 Å². The number of hydrogen-bond acceptors (Lipinski definition) is 12. The van der Waals surface area contributed by atoms with Gasteiger partial charge in [-0.1, -0.05) is 105 Å². The van der Waals surface area contributed by atoms with Crippen LogP contribution in [-0.2, 0) is 57.5 Å². The van der Waals surface area contributed by atoms with E-state index in [1.807, 2.05) is 6.92 Å². The summed E-state index contributed by atoms with van der Waals surface area (Å²) in [5.41, 5.74) is 0. The van der Waals surface area contributed by atoms with E-state index in [0.717, 1.165) is 91.7 Å². The lowest BCUT2D eigenvalue weighted by atomic mass is 9.79. The van der Waals surface area contributed by atoms with Gasteiger partial charge in [-0.25, -0.2) is 0 Å². The number of likely N-dealkylation sites (N-methyl/N-ethyl adjacent to an activating group) is 7. The monoisotopic (exact) mass is 1410 g/mol. The molecule has 24 nitrogen and oxygen atoms in total. The third kappa shape index (κ3) is 22.9. The molecular formula is C72H120Cl2N12O12. The number of alkyl halides is 2. The topological polar surface area (TPSA) is 279 Å². The Morgan fingerprint density at radius 3 is 1.63 bits per heavy atom. The van der Waals surface area contributed by atoms with E-state index in [1.54, 1.807) is 32.7 Å². The van der Waals surface area contributed by atoms with E-state index in [0.29, 0.717) is 70.4 Å². The average Bonchev–Trinajstić information content (AvgIpc) is 0.905. The summed E-state index contributed by atoms with van der Waals surface area (Å²) in [6.07, 6.45) is 16.1. The number of likely N-dealkylation sites (tertiary alicyclic amines) is 1. The van der Waals surface area contributed by atoms with Gasteiger partial charge in [-0.05, 0) is 132 Å². The van der Waals surface area contributed by atoms with Crippen LogP contribution in [0.15, 0.2) is 0 Å². The van der Waals surface area contributed by atoms with Gasteiger partial charge in [0, 0.05) is 73.2 Å². The first-order valence-corrected chi connectivity index (χ1v) is 37.7. The highest BCUT2D eigenvalue weighted by atomic mass is 35.5. The third-order valence-electron chi connectivity index (χ3n) is 22.5. The molecule has 98 heavy (non-hydrogen) atoms. The number of rotatable bonds is 12. The highest BCUT2D eigenvalue weighted by Crippen LogP contribution is 2.36. The van der Waals surface area contributed by atoms with E-state index in [4.69, 9.17) is 23.2 Å². The summed E-state index contributed by atoms with van der Waals surface area (Å²) in [4.78, 5) is 188.